The molecule has 2 N–H and O–H groups in total. The van der Waals surface area contributed by atoms with Crippen molar-refractivity contribution in [3.63, 3.8) is 0 Å². The van der Waals surface area contributed by atoms with Gasteiger partial charge in [0, 0.05) is 29.7 Å². The van der Waals surface area contributed by atoms with Gasteiger partial charge in [0.1, 0.15) is 5.37 Å². The van der Waals surface area contributed by atoms with Crippen molar-refractivity contribution in [1.29, 1.82) is 0 Å². The third kappa shape index (κ3) is 6.49. The molecule has 204 valence electrons. The van der Waals surface area contributed by atoms with E-state index in [9.17, 15) is 18.0 Å². The van der Waals surface area contributed by atoms with Gasteiger partial charge in [0.15, 0.2) is 0 Å². The summed E-state index contributed by atoms with van der Waals surface area (Å²) >= 11 is 1.58. The zero-order chi connectivity index (χ0) is 28.1. The van der Waals surface area contributed by atoms with E-state index >= 15 is 0 Å². The molecule has 9 nitrogen and oxygen atoms in total. The van der Waals surface area contributed by atoms with Gasteiger partial charge in [0.25, 0.3) is 15.9 Å². The van der Waals surface area contributed by atoms with E-state index in [1.165, 1.54) is 36.0 Å². The van der Waals surface area contributed by atoms with Crippen molar-refractivity contribution in [3.05, 3.63) is 114 Å². The molecular formula is C29H27N5O4S2. The van der Waals surface area contributed by atoms with Gasteiger partial charge in [-0.1, -0.05) is 42.5 Å². The van der Waals surface area contributed by atoms with Crippen LogP contribution in [0.4, 0.5) is 11.6 Å². The summed E-state index contributed by atoms with van der Waals surface area (Å²) in [6.45, 7) is 2.36. The van der Waals surface area contributed by atoms with E-state index in [0.717, 1.165) is 12.0 Å². The van der Waals surface area contributed by atoms with Crippen LogP contribution in [0.25, 0.3) is 0 Å². The fraction of sp³-hybridized carbons (Fsp3) is 0.172. The van der Waals surface area contributed by atoms with Gasteiger partial charge in [-0.25, -0.2) is 23.1 Å². The number of carbonyl (C=O) groups excluding carboxylic acids is 2. The number of hydrogen-bond acceptors (Lipinski definition) is 7. The molecule has 0 spiro atoms. The molecule has 40 heavy (non-hydrogen) atoms. The smallest absolute Gasteiger partial charge is 0.264 e. The first-order valence-electron chi connectivity index (χ1n) is 12.6. The predicted molar refractivity (Wildman–Crippen MR) is 155 cm³/mol. The Bertz CT molecular complexity index is 1610. The highest BCUT2D eigenvalue weighted by Crippen LogP contribution is 2.38. The van der Waals surface area contributed by atoms with E-state index in [-0.39, 0.29) is 28.0 Å². The first kappa shape index (κ1) is 27.4. The number of thioether (sulfide) groups is 1. The minimum Gasteiger partial charge on any atom is -0.326 e. The molecule has 11 heteroatoms. The average molecular weight is 574 g/mol. The Morgan fingerprint density at radius 3 is 2.42 bits per heavy atom. The summed E-state index contributed by atoms with van der Waals surface area (Å²) in [5.41, 5.74) is 3.67. The van der Waals surface area contributed by atoms with E-state index in [1.54, 1.807) is 36.9 Å². The van der Waals surface area contributed by atoms with Crippen LogP contribution >= 0.6 is 11.8 Å². The Morgan fingerprint density at radius 2 is 1.73 bits per heavy atom. The normalized spacial score (nSPS) is 15.2. The van der Waals surface area contributed by atoms with Gasteiger partial charge in [0.05, 0.1) is 10.6 Å². The molecule has 5 rings (SSSR count). The van der Waals surface area contributed by atoms with Crippen molar-refractivity contribution in [2.75, 3.05) is 22.3 Å². The van der Waals surface area contributed by atoms with Crippen LogP contribution in [0.3, 0.4) is 0 Å². The van der Waals surface area contributed by atoms with Gasteiger partial charge < -0.3 is 10.2 Å². The van der Waals surface area contributed by atoms with Crippen LogP contribution in [-0.2, 0) is 21.2 Å². The molecule has 0 radical (unpaired) electrons. The monoisotopic (exact) mass is 573 g/mol. The lowest BCUT2D eigenvalue weighted by molar-refractivity contribution is -0.128. The van der Waals surface area contributed by atoms with Crippen LogP contribution in [0, 0.1) is 6.92 Å². The average Bonchev–Trinajstić information content (AvgIpc) is 3.32. The summed E-state index contributed by atoms with van der Waals surface area (Å²) < 4.78 is 27.7. The van der Waals surface area contributed by atoms with Crippen molar-refractivity contribution in [2.24, 2.45) is 0 Å². The van der Waals surface area contributed by atoms with Crippen LogP contribution in [0.15, 0.2) is 96.0 Å². The summed E-state index contributed by atoms with van der Waals surface area (Å²) in [5, 5.41) is 2.69. The highest BCUT2D eigenvalue weighted by molar-refractivity contribution is 8.00. The lowest BCUT2D eigenvalue weighted by Crippen LogP contribution is -2.30. The van der Waals surface area contributed by atoms with Crippen LogP contribution in [0.2, 0.25) is 0 Å². The maximum atomic E-state index is 12.8. The largest absolute Gasteiger partial charge is 0.326 e. The summed E-state index contributed by atoms with van der Waals surface area (Å²) in [7, 11) is -3.89. The van der Waals surface area contributed by atoms with Gasteiger partial charge in [-0.3, -0.25) is 9.59 Å². The molecule has 4 aromatic rings. The third-order valence-electron chi connectivity index (χ3n) is 6.35. The zero-order valence-corrected chi connectivity index (χ0v) is 23.3. The number of nitrogens with zero attached hydrogens (tertiary/aromatic N) is 3. The molecule has 1 fully saturated rings. The van der Waals surface area contributed by atoms with Gasteiger partial charge in [-0.05, 0) is 66.9 Å². The number of hydrogen-bond donors (Lipinski definition) is 2. The number of nitrogens with one attached hydrogen (secondary N) is 2. The highest BCUT2D eigenvalue weighted by atomic mass is 32.2. The molecule has 1 aliphatic heterocycles. The Balaban J connectivity index is 1.20. The first-order chi connectivity index (χ1) is 19.3. The van der Waals surface area contributed by atoms with Crippen LogP contribution in [-0.4, -0.2) is 47.4 Å². The van der Waals surface area contributed by atoms with Gasteiger partial charge in [-0.15, -0.1) is 11.8 Å². The van der Waals surface area contributed by atoms with Crippen molar-refractivity contribution in [3.8, 4) is 0 Å². The number of benzene rings is 3. The van der Waals surface area contributed by atoms with Crippen LogP contribution < -0.4 is 10.0 Å². The van der Waals surface area contributed by atoms with E-state index in [4.69, 9.17) is 0 Å². The molecule has 2 amide bonds. The molecule has 3 aromatic carbocycles. The summed E-state index contributed by atoms with van der Waals surface area (Å²) in [5.74, 6) is 0.200. The predicted octanol–water partition coefficient (Wildman–Crippen LogP) is 4.65. The fourth-order valence-corrected chi connectivity index (χ4v) is 6.43. The summed E-state index contributed by atoms with van der Waals surface area (Å²) in [6.07, 6.45) is 2.25. The molecule has 1 aliphatic rings. The number of rotatable bonds is 9. The van der Waals surface area contributed by atoms with Crippen molar-refractivity contribution < 1.29 is 18.0 Å². The second-order valence-electron chi connectivity index (χ2n) is 9.21. The highest BCUT2D eigenvalue weighted by Gasteiger charge is 2.32. The van der Waals surface area contributed by atoms with Gasteiger partial charge in [0.2, 0.25) is 11.9 Å². The lowest BCUT2D eigenvalue weighted by Gasteiger charge is -2.24. The van der Waals surface area contributed by atoms with Crippen LogP contribution in [0.1, 0.15) is 32.6 Å². The van der Waals surface area contributed by atoms with Gasteiger partial charge in [-0.2, -0.15) is 0 Å². The van der Waals surface area contributed by atoms with E-state index in [2.05, 4.69) is 32.1 Å². The van der Waals surface area contributed by atoms with E-state index in [0.29, 0.717) is 29.2 Å². The Hall–Kier alpha value is -4.22. The second kappa shape index (κ2) is 11.9. The maximum Gasteiger partial charge on any atom is 0.264 e. The molecule has 1 saturated heterocycles. The molecule has 0 bridgehead atoms. The zero-order valence-electron chi connectivity index (χ0n) is 21.7. The number of carbonyl (C=O) groups is 2. The molecule has 1 atom stereocenters. The Morgan fingerprint density at radius 1 is 1.00 bits per heavy atom. The molecule has 0 aliphatic carbocycles. The second-order valence-corrected chi connectivity index (χ2v) is 12.0. The van der Waals surface area contributed by atoms with Crippen molar-refractivity contribution in [1.82, 2.24) is 14.9 Å². The van der Waals surface area contributed by atoms with E-state index in [1.807, 2.05) is 35.2 Å². The van der Waals surface area contributed by atoms with Crippen molar-refractivity contribution in [2.45, 2.75) is 23.6 Å². The lowest BCUT2D eigenvalue weighted by atomic mass is 10.1. The minimum absolute atomic E-state index is 0.0134. The molecule has 1 aromatic heterocycles. The number of amides is 2. The molecule has 2 heterocycles. The number of aromatic nitrogens is 2. The Kier molecular flexibility index (Phi) is 8.13. The van der Waals surface area contributed by atoms with Crippen molar-refractivity contribution >= 4 is 45.2 Å². The quantitative estimate of drug-likeness (QED) is 0.299. The molecule has 1 unspecified atom stereocenters. The number of sulfonamides is 1. The summed E-state index contributed by atoms with van der Waals surface area (Å²) in [4.78, 5) is 35.3. The minimum atomic E-state index is -3.89. The Labute approximate surface area is 237 Å². The standard InChI is InChI=1S/C29H27N5O4S2/c1-20-15-17-30-29(31-20)33-40(37,38)25-13-11-24(12-14-25)32-27(36)22-7-9-23(10-8-22)28-34(26(35)19-39-28)18-16-21-5-3-2-4-6-21/h2-15,17,28H,16,18-19H2,1H3,(H,32,36)(H,30,31,33). The van der Waals surface area contributed by atoms with Gasteiger partial charge >= 0.3 is 0 Å². The molecule has 0 saturated carbocycles. The first-order valence-corrected chi connectivity index (χ1v) is 15.1. The SMILES string of the molecule is Cc1ccnc(NS(=O)(=O)c2ccc(NC(=O)c3ccc(C4SCC(=O)N4CCc4ccccc4)cc3)cc2)n1. The van der Waals surface area contributed by atoms with E-state index < -0.39 is 10.0 Å². The summed E-state index contributed by atoms with van der Waals surface area (Å²) in [6, 6.07) is 24.8. The maximum absolute atomic E-state index is 12.8. The fourth-order valence-electron chi connectivity index (χ4n) is 4.26. The van der Waals surface area contributed by atoms with Crippen LogP contribution in [0.5, 0.6) is 0 Å². The topological polar surface area (TPSA) is 121 Å². The molecular weight excluding hydrogens is 546 g/mol. The number of anilines is 2. The number of aryl methyl sites for hydroxylation is 1. The third-order valence-corrected chi connectivity index (χ3v) is 8.95.